The van der Waals surface area contributed by atoms with Crippen LogP contribution in [0.5, 0.6) is 0 Å². The van der Waals surface area contributed by atoms with Gasteiger partial charge in [-0.05, 0) is 45.7 Å². The lowest BCUT2D eigenvalue weighted by Crippen LogP contribution is -2.50. The van der Waals surface area contributed by atoms with Crippen LogP contribution in [0.2, 0.25) is 0 Å². The van der Waals surface area contributed by atoms with E-state index in [0.29, 0.717) is 13.1 Å². The summed E-state index contributed by atoms with van der Waals surface area (Å²) < 4.78 is 0. The maximum Gasteiger partial charge on any atom is 0.315 e. The van der Waals surface area contributed by atoms with Crippen LogP contribution in [-0.4, -0.2) is 42.0 Å². The molecule has 5 heteroatoms. The number of urea groups is 1. The number of nitrogens with zero attached hydrogens (tertiary/aromatic N) is 1. The molecular formula is C17H25N3O2. The minimum Gasteiger partial charge on any atom is -0.338 e. The standard InChI is InChI=1S/C17H25N3O2/c1-12(2)18-17(22)19-15-7-9-20(10-8-15)16(21)14-6-4-5-13(3)11-14/h4-6,11-12,15H,7-10H2,1-3H3,(H2,18,19,22). The lowest BCUT2D eigenvalue weighted by Gasteiger charge is -2.32. The fourth-order valence-corrected chi connectivity index (χ4v) is 2.68. The van der Waals surface area contributed by atoms with Crippen molar-refractivity contribution in [2.24, 2.45) is 0 Å². The Hall–Kier alpha value is -2.04. The fourth-order valence-electron chi connectivity index (χ4n) is 2.68. The van der Waals surface area contributed by atoms with Crippen molar-refractivity contribution in [1.29, 1.82) is 0 Å². The van der Waals surface area contributed by atoms with Gasteiger partial charge < -0.3 is 15.5 Å². The summed E-state index contributed by atoms with van der Waals surface area (Å²) in [6.07, 6.45) is 1.59. The van der Waals surface area contributed by atoms with E-state index in [1.807, 2.05) is 49.9 Å². The van der Waals surface area contributed by atoms with E-state index in [2.05, 4.69) is 10.6 Å². The number of nitrogens with one attached hydrogen (secondary N) is 2. The summed E-state index contributed by atoms with van der Waals surface area (Å²) in [5.41, 5.74) is 1.83. The Kier molecular flexibility index (Phi) is 5.41. The molecule has 1 heterocycles. The lowest BCUT2D eigenvalue weighted by atomic mass is 10.0. The molecule has 5 nitrogen and oxygen atoms in total. The molecule has 0 atom stereocenters. The van der Waals surface area contributed by atoms with E-state index in [1.54, 1.807) is 0 Å². The molecule has 0 aliphatic carbocycles. The second kappa shape index (κ2) is 7.29. The van der Waals surface area contributed by atoms with E-state index in [1.165, 1.54) is 0 Å². The Morgan fingerprint density at radius 2 is 1.91 bits per heavy atom. The van der Waals surface area contributed by atoms with Gasteiger partial charge in [0.15, 0.2) is 0 Å². The van der Waals surface area contributed by atoms with Crippen LogP contribution in [0, 0.1) is 6.92 Å². The van der Waals surface area contributed by atoms with Crippen LogP contribution in [0.1, 0.15) is 42.6 Å². The number of carbonyl (C=O) groups excluding carboxylic acids is 2. The summed E-state index contributed by atoms with van der Waals surface area (Å²) >= 11 is 0. The van der Waals surface area contributed by atoms with Crippen molar-refractivity contribution in [2.75, 3.05) is 13.1 Å². The van der Waals surface area contributed by atoms with E-state index in [0.717, 1.165) is 24.0 Å². The van der Waals surface area contributed by atoms with Crippen molar-refractivity contribution >= 4 is 11.9 Å². The van der Waals surface area contributed by atoms with Gasteiger partial charge in [-0.2, -0.15) is 0 Å². The fraction of sp³-hybridized carbons (Fsp3) is 0.529. The molecule has 1 aromatic rings. The third-order valence-corrected chi connectivity index (χ3v) is 3.80. The summed E-state index contributed by atoms with van der Waals surface area (Å²) in [5.74, 6) is 0.0776. The van der Waals surface area contributed by atoms with Crippen molar-refractivity contribution < 1.29 is 9.59 Å². The van der Waals surface area contributed by atoms with E-state index in [9.17, 15) is 9.59 Å². The quantitative estimate of drug-likeness (QED) is 0.900. The average Bonchev–Trinajstić information content (AvgIpc) is 2.46. The zero-order chi connectivity index (χ0) is 16.1. The van der Waals surface area contributed by atoms with Crippen molar-refractivity contribution in [2.45, 2.75) is 45.7 Å². The Morgan fingerprint density at radius 1 is 1.23 bits per heavy atom. The highest BCUT2D eigenvalue weighted by Crippen LogP contribution is 2.15. The maximum absolute atomic E-state index is 12.5. The minimum atomic E-state index is -0.126. The van der Waals surface area contributed by atoms with Crippen LogP contribution in [-0.2, 0) is 0 Å². The number of likely N-dealkylation sites (tertiary alicyclic amines) is 1. The minimum absolute atomic E-state index is 0.0776. The molecule has 2 rings (SSSR count). The Bertz CT molecular complexity index is 534. The molecule has 22 heavy (non-hydrogen) atoms. The van der Waals surface area contributed by atoms with Gasteiger partial charge in [0.2, 0.25) is 0 Å². The molecule has 1 saturated heterocycles. The molecule has 0 saturated carbocycles. The third-order valence-electron chi connectivity index (χ3n) is 3.80. The first-order valence-corrected chi connectivity index (χ1v) is 7.88. The zero-order valence-corrected chi connectivity index (χ0v) is 13.6. The number of rotatable bonds is 3. The molecule has 3 amide bonds. The first-order chi connectivity index (χ1) is 10.5. The molecule has 1 aliphatic rings. The summed E-state index contributed by atoms with van der Waals surface area (Å²) in [5, 5.41) is 5.80. The smallest absolute Gasteiger partial charge is 0.315 e. The van der Waals surface area contributed by atoms with Crippen LogP contribution < -0.4 is 10.6 Å². The van der Waals surface area contributed by atoms with Gasteiger partial charge in [-0.25, -0.2) is 4.79 Å². The van der Waals surface area contributed by atoms with Crippen LogP contribution >= 0.6 is 0 Å². The lowest BCUT2D eigenvalue weighted by molar-refractivity contribution is 0.0708. The Balaban J connectivity index is 1.84. The van der Waals surface area contributed by atoms with Gasteiger partial charge in [0.1, 0.15) is 0 Å². The predicted molar refractivity (Wildman–Crippen MR) is 86.9 cm³/mol. The first kappa shape index (κ1) is 16.3. The van der Waals surface area contributed by atoms with Crippen LogP contribution in [0.25, 0.3) is 0 Å². The van der Waals surface area contributed by atoms with Gasteiger partial charge in [-0.15, -0.1) is 0 Å². The molecule has 1 aliphatic heterocycles. The van der Waals surface area contributed by atoms with Crippen molar-refractivity contribution in [3.05, 3.63) is 35.4 Å². The first-order valence-electron chi connectivity index (χ1n) is 7.88. The van der Waals surface area contributed by atoms with Crippen LogP contribution in [0.3, 0.4) is 0 Å². The highest BCUT2D eigenvalue weighted by Gasteiger charge is 2.24. The molecule has 0 spiro atoms. The van der Waals surface area contributed by atoms with Gasteiger partial charge in [0, 0.05) is 30.7 Å². The largest absolute Gasteiger partial charge is 0.338 e. The summed E-state index contributed by atoms with van der Waals surface area (Å²) in [6, 6.07) is 7.81. The summed E-state index contributed by atoms with van der Waals surface area (Å²) in [4.78, 5) is 26.0. The van der Waals surface area contributed by atoms with Gasteiger partial charge in [0.05, 0.1) is 0 Å². The average molecular weight is 303 g/mol. The monoisotopic (exact) mass is 303 g/mol. The molecule has 0 aromatic heterocycles. The molecule has 0 bridgehead atoms. The molecule has 1 fully saturated rings. The highest BCUT2D eigenvalue weighted by atomic mass is 16.2. The van der Waals surface area contributed by atoms with E-state index >= 15 is 0 Å². The number of hydrogen-bond donors (Lipinski definition) is 2. The predicted octanol–water partition coefficient (Wildman–Crippen LogP) is 2.31. The van der Waals surface area contributed by atoms with Crippen LogP contribution in [0.15, 0.2) is 24.3 Å². The SMILES string of the molecule is Cc1cccc(C(=O)N2CCC(NC(=O)NC(C)C)CC2)c1. The molecular weight excluding hydrogens is 278 g/mol. The zero-order valence-electron chi connectivity index (χ0n) is 13.6. The number of hydrogen-bond acceptors (Lipinski definition) is 2. The second-order valence-corrected chi connectivity index (χ2v) is 6.21. The Morgan fingerprint density at radius 3 is 2.50 bits per heavy atom. The number of benzene rings is 1. The summed E-state index contributed by atoms with van der Waals surface area (Å²) in [7, 11) is 0. The van der Waals surface area contributed by atoms with Crippen LogP contribution in [0.4, 0.5) is 4.79 Å². The molecule has 0 radical (unpaired) electrons. The molecule has 2 N–H and O–H groups in total. The third kappa shape index (κ3) is 4.48. The topological polar surface area (TPSA) is 61.4 Å². The second-order valence-electron chi connectivity index (χ2n) is 6.21. The molecule has 1 aromatic carbocycles. The Labute approximate surface area is 132 Å². The van der Waals surface area contributed by atoms with Crippen molar-refractivity contribution in [1.82, 2.24) is 15.5 Å². The van der Waals surface area contributed by atoms with Crippen molar-refractivity contribution in [3.8, 4) is 0 Å². The van der Waals surface area contributed by atoms with E-state index in [4.69, 9.17) is 0 Å². The van der Waals surface area contributed by atoms with Gasteiger partial charge in [0.25, 0.3) is 5.91 Å². The number of aryl methyl sites for hydroxylation is 1. The normalized spacial score (nSPS) is 15.7. The van der Waals surface area contributed by atoms with Gasteiger partial charge in [-0.1, -0.05) is 17.7 Å². The summed E-state index contributed by atoms with van der Waals surface area (Å²) in [6.45, 7) is 7.21. The number of carbonyl (C=O) groups is 2. The molecule has 120 valence electrons. The van der Waals surface area contributed by atoms with Gasteiger partial charge >= 0.3 is 6.03 Å². The molecule has 0 unspecified atom stereocenters. The van der Waals surface area contributed by atoms with Gasteiger partial charge in [-0.3, -0.25) is 4.79 Å². The van der Waals surface area contributed by atoms with E-state index < -0.39 is 0 Å². The number of piperidine rings is 1. The van der Waals surface area contributed by atoms with Crippen molar-refractivity contribution in [3.63, 3.8) is 0 Å². The maximum atomic E-state index is 12.5. The van der Waals surface area contributed by atoms with E-state index in [-0.39, 0.29) is 24.0 Å². The highest BCUT2D eigenvalue weighted by molar-refractivity contribution is 5.94. The number of amides is 3.